The van der Waals surface area contributed by atoms with Gasteiger partial charge in [-0.15, -0.1) is 11.8 Å². The number of carbonyl (C=O) groups is 1. The lowest BCUT2D eigenvalue weighted by molar-refractivity contribution is -0.479. The molecule has 0 saturated heterocycles. The van der Waals surface area contributed by atoms with Gasteiger partial charge in [-0.2, -0.15) is 0 Å². The van der Waals surface area contributed by atoms with Crippen molar-refractivity contribution in [2.24, 2.45) is 0 Å². The highest BCUT2D eigenvalue weighted by atomic mass is 32.2. The molecule has 0 saturated carbocycles. The predicted molar refractivity (Wildman–Crippen MR) is 72.1 cm³/mol. The average Bonchev–Trinajstić information content (AvgIpc) is 2.42. The van der Waals surface area contributed by atoms with Gasteiger partial charge in [0.05, 0.1) is 25.2 Å². The Hall–Kier alpha value is -1.76. The number of carbonyl (C=O) groups excluding carboxylic acids is 1. The summed E-state index contributed by atoms with van der Waals surface area (Å²) >= 11 is 1.18. The van der Waals surface area contributed by atoms with Gasteiger partial charge in [0.25, 0.3) is 0 Å². The molecule has 1 atom stereocenters. The Labute approximate surface area is 115 Å². The molecule has 0 aliphatic heterocycles. The quantitative estimate of drug-likeness (QED) is 0.432. The van der Waals surface area contributed by atoms with Gasteiger partial charge in [-0.25, -0.2) is 0 Å². The number of methoxy groups -OCH3 is 2. The fraction of sp³-hybridized carbons (Fsp3) is 0.417. The highest BCUT2D eigenvalue weighted by Gasteiger charge is 2.20. The van der Waals surface area contributed by atoms with Gasteiger partial charge in [0.1, 0.15) is 5.75 Å². The molecule has 0 amide bonds. The average molecular weight is 285 g/mol. The van der Waals surface area contributed by atoms with Gasteiger partial charge in [0.15, 0.2) is 0 Å². The summed E-state index contributed by atoms with van der Waals surface area (Å²) in [7, 11) is 2.82. The Balaban J connectivity index is 2.82. The van der Waals surface area contributed by atoms with Crippen LogP contribution in [0.1, 0.15) is 10.8 Å². The molecule has 0 aliphatic rings. The van der Waals surface area contributed by atoms with Crippen LogP contribution in [0.15, 0.2) is 24.3 Å². The second-order valence-electron chi connectivity index (χ2n) is 3.67. The van der Waals surface area contributed by atoms with E-state index in [9.17, 15) is 14.9 Å². The van der Waals surface area contributed by atoms with E-state index in [0.29, 0.717) is 5.75 Å². The summed E-state index contributed by atoms with van der Waals surface area (Å²) in [6, 6.07) is 7.04. The van der Waals surface area contributed by atoms with E-state index >= 15 is 0 Å². The number of rotatable bonds is 7. The van der Waals surface area contributed by atoms with E-state index in [-0.39, 0.29) is 12.3 Å². The molecule has 0 N–H and O–H groups in total. The molecule has 0 radical (unpaired) electrons. The first-order valence-corrected chi connectivity index (χ1v) is 6.56. The molecular formula is C12H15NO5S. The van der Waals surface area contributed by atoms with Crippen molar-refractivity contribution in [2.45, 2.75) is 5.25 Å². The first-order chi connectivity index (χ1) is 9.06. The lowest BCUT2D eigenvalue weighted by Gasteiger charge is -2.13. The number of hydrogen-bond acceptors (Lipinski definition) is 6. The zero-order valence-corrected chi connectivity index (χ0v) is 11.5. The van der Waals surface area contributed by atoms with Crippen molar-refractivity contribution < 1.29 is 19.2 Å². The minimum atomic E-state index is -0.413. The van der Waals surface area contributed by atoms with Crippen LogP contribution < -0.4 is 4.74 Å². The zero-order chi connectivity index (χ0) is 14.3. The Morgan fingerprint density at radius 3 is 2.79 bits per heavy atom. The first-order valence-electron chi connectivity index (χ1n) is 5.51. The lowest BCUT2D eigenvalue weighted by atomic mass is 10.1. The van der Waals surface area contributed by atoms with Gasteiger partial charge in [-0.05, 0) is 17.7 Å². The number of esters is 1. The van der Waals surface area contributed by atoms with E-state index in [1.807, 2.05) is 0 Å². The van der Waals surface area contributed by atoms with Crippen molar-refractivity contribution in [3.63, 3.8) is 0 Å². The summed E-state index contributed by atoms with van der Waals surface area (Å²) < 4.78 is 9.62. The van der Waals surface area contributed by atoms with Gasteiger partial charge >= 0.3 is 5.97 Å². The standard InChI is InChI=1S/C12H15NO5S/c1-17-10-5-3-4-9(6-10)11(7-13(15)16)19-8-12(14)18-2/h3-6,11H,7-8H2,1-2H3. The maximum atomic E-state index is 11.1. The van der Waals surface area contributed by atoms with Crippen molar-refractivity contribution in [1.29, 1.82) is 0 Å². The summed E-state index contributed by atoms with van der Waals surface area (Å²) in [5.41, 5.74) is 0.755. The van der Waals surface area contributed by atoms with Crippen LogP contribution in [0.2, 0.25) is 0 Å². The zero-order valence-electron chi connectivity index (χ0n) is 10.7. The molecule has 104 valence electrons. The summed E-state index contributed by atoms with van der Waals surface area (Å²) in [4.78, 5) is 21.4. The molecule has 1 aromatic carbocycles. The third-order valence-electron chi connectivity index (χ3n) is 2.41. The van der Waals surface area contributed by atoms with Crippen molar-refractivity contribution >= 4 is 17.7 Å². The number of nitro groups is 1. The van der Waals surface area contributed by atoms with E-state index in [0.717, 1.165) is 5.56 Å². The van der Waals surface area contributed by atoms with Crippen molar-refractivity contribution in [2.75, 3.05) is 26.5 Å². The van der Waals surface area contributed by atoms with E-state index in [1.165, 1.54) is 26.0 Å². The summed E-state index contributed by atoms with van der Waals surface area (Å²) in [6.07, 6.45) is 0. The monoisotopic (exact) mass is 285 g/mol. The second-order valence-corrected chi connectivity index (χ2v) is 4.86. The third-order valence-corrected chi connectivity index (χ3v) is 3.64. The van der Waals surface area contributed by atoms with E-state index < -0.39 is 16.1 Å². The molecule has 1 aromatic rings. The molecule has 0 fully saturated rings. The molecule has 0 aliphatic carbocycles. The molecule has 19 heavy (non-hydrogen) atoms. The SMILES string of the molecule is COC(=O)CSC(C[N+](=O)[O-])c1cccc(OC)c1. The van der Waals surface area contributed by atoms with Crippen LogP contribution in [-0.2, 0) is 9.53 Å². The molecule has 0 spiro atoms. The van der Waals surface area contributed by atoms with Crippen LogP contribution in [0, 0.1) is 10.1 Å². The molecule has 1 unspecified atom stereocenters. The van der Waals surface area contributed by atoms with Gasteiger partial charge in [0, 0.05) is 4.92 Å². The largest absolute Gasteiger partial charge is 0.497 e. The first kappa shape index (κ1) is 15.3. The van der Waals surface area contributed by atoms with Crippen LogP contribution in [0.5, 0.6) is 5.75 Å². The van der Waals surface area contributed by atoms with Crippen LogP contribution in [-0.4, -0.2) is 37.4 Å². The summed E-state index contributed by atoms with van der Waals surface area (Å²) in [5, 5.41) is 10.3. The van der Waals surface area contributed by atoms with Crippen LogP contribution in [0.4, 0.5) is 0 Å². The highest BCUT2D eigenvalue weighted by Crippen LogP contribution is 2.31. The maximum Gasteiger partial charge on any atom is 0.315 e. The topological polar surface area (TPSA) is 78.7 Å². The molecule has 7 heteroatoms. The van der Waals surface area contributed by atoms with Gasteiger partial charge in [-0.3, -0.25) is 14.9 Å². The number of nitrogens with zero attached hydrogens (tertiary/aromatic N) is 1. The van der Waals surface area contributed by atoms with Crippen molar-refractivity contribution in [3.8, 4) is 5.75 Å². The van der Waals surface area contributed by atoms with Crippen LogP contribution in [0.25, 0.3) is 0 Å². The fourth-order valence-corrected chi connectivity index (χ4v) is 2.48. The molecular weight excluding hydrogens is 270 g/mol. The lowest BCUT2D eigenvalue weighted by Crippen LogP contribution is -2.13. The molecule has 1 rings (SSSR count). The van der Waals surface area contributed by atoms with Crippen LogP contribution in [0.3, 0.4) is 0 Å². The van der Waals surface area contributed by atoms with E-state index in [2.05, 4.69) is 4.74 Å². The maximum absolute atomic E-state index is 11.1. The third kappa shape index (κ3) is 5.17. The minimum Gasteiger partial charge on any atom is -0.497 e. The molecule has 0 aromatic heterocycles. The highest BCUT2D eigenvalue weighted by molar-refractivity contribution is 8.00. The number of hydrogen-bond donors (Lipinski definition) is 0. The molecule has 6 nitrogen and oxygen atoms in total. The van der Waals surface area contributed by atoms with E-state index in [1.54, 1.807) is 24.3 Å². The molecule has 0 heterocycles. The Morgan fingerprint density at radius 1 is 1.47 bits per heavy atom. The molecule has 0 bridgehead atoms. The number of ether oxygens (including phenoxy) is 2. The predicted octanol–water partition coefficient (Wildman–Crippen LogP) is 1.92. The smallest absolute Gasteiger partial charge is 0.315 e. The van der Waals surface area contributed by atoms with Crippen molar-refractivity contribution in [1.82, 2.24) is 0 Å². The number of benzene rings is 1. The van der Waals surface area contributed by atoms with Crippen LogP contribution >= 0.6 is 11.8 Å². The van der Waals surface area contributed by atoms with Gasteiger partial charge in [0.2, 0.25) is 6.54 Å². The fourth-order valence-electron chi connectivity index (χ4n) is 1.46. The summed E-state index contributed by atoms with van der Waals surface area (Å²) in [5.74, 6) is 0.303. The summed E-state index contributed by atoms with van der Waals surface area (Å²) in [6.45, 7) is -0.255. The second kappa shape index (κ2) is 7.63. The minimum absolute atomic E-state index is 0.0756. The van der Waals surface area contributed by atoms with E-state index in [4.69, 9.17) is 4.74 Å². The number of thioether (sulfide) groups is 1. The van der Waals surface area contributed by atoms with Gasteiger partial charge < -0.3 is 9.47 Å². The van der Waals surface area contributed by atoms with Crippen molar-refractivity contribution in [3.05, 3.63) is 39.9 Å². The Kier molecular flexibility index (Phi) is 6.14. The van der Waals surface area contributed by atoms with Gasteiger partial charge in [-0.1, -0.05) is 12.1 Å². The Bertz CT molecular complexity index is 452. The normalized spacial score (nSPS) is 11.7. The Morgan fingerprint density at radius 2 is 2.21 bits per heavy atom.